The van der Waals surface area contributed by atoms with Crippen molar-refractivity contribution < 1.29 is 14.6 Å². The van der Waals surface area contributed by atoms with E-state index in [2.05, 4.69) is 16.6 Å². The summed E-state index contributed by atoms with van der Waals surface area (Å²) < 4.78 is 4.60. The van der Waals surface area contributed by atoms with E-state index < -0.39 is 12.1 Å². The molecule has 4 heteroatoms. The molecule has 0 spiro atoms. The Kier molecular flexibility index (Phi) is 4.75. The van der Waals surface area contributed by atoms with Crippen LogP contribution in [0.1, 0.15) is 24.2 Å². The zero-order valence-electron chi connectivity index (χ0n) is 9.30. The fraction of sp³-hybridized carbons (Fsp3) is 0.231. The molecule has 1 rings (SSSR count). The fourth-order valence-corrected chi connectivity index (χ4v) is 1.10. The van der Waals surface area contributed by atoms with Crippen LogP contribution in [0.2, 0.25) is 0 Å². The number of carbonyl (C=O) groups is 1. The second kappa shape index (κ2) is 6.32. The monoisotopic (exact) mass is 229 g/mol. The molecule has 17 heavy (non-hydrogen) atoms. The van der Waals surface area contributed by atoms with Gasteiger partial charge in [-0.05, 0) is 17.7 Å². The van der Waals surface area contributed by atoms with Gasteiger partial charge in [-0.1, -0.05) is 24.0 Å². The average Bonchev–Trinajstić information content (AvgIpc) is 2.34. The highest BCUT2D eigenvalue weighted by Gasteiger charge is 2.02. The summed E-state index contributed by atoms with van der Waals surface area (Å²) in [5, 5.41) is 18.3. The first-order chi connectivity index (χ1) is 8.13. The standard InChI is InChI=1S/C13H11NO3/c1-10(15)17-8-2-3-13(16)12-6-4-11(9-14)5-7-12/h4-7,13,16H,8H2,1H3/t13-/m1/s1. The zero-order valence-corrected chi connectivity index (χ0v) is 9.30. The number of ether oxygens (including phenoxy) is 1. The Hall–Kier alpha value is -2.30. The molecule has 0 saturated heterocycles. The second-order valence-electron chi connectivity index (χ2n) is 3.24. The molecular formula is C13H11NO3. The van der Waals surface area contributed by atoms with Gasteiger partial charge in [0.25, 0.3) is 0 Å². The molecule has 0 unspecified atom stereocenters. The molecule has 0 aliphatic heterocycles. The predicted molar refractivity (Wildman–Crippen MR) is 60.5 cm³/mol. The minimum Gasteiger partial charge on any atom is -0.453 e. The van der Waals surface area contributed by atoms with Gasteiger partial charge in [-0.15, -0.1) is 0 Å². The molecule has 4 nitrogen and oxygen atoms in total. The average molecular weight is 229 g/mol. The number of nitrogens with zero attached hydrogens (tertiary/aromatic N) is 1. The van der Waals surface area contributed by atoms with Crippen LogP contribution >= 0.6 is 0 Å². The minimum atomic E-state index is -0.946. The summed E-state index contributed by atoms with van der Waals surface area (Å²) in [4.78, 5) is 10.4. The van der Waals surface area contributed by atoms with Crippen molar-refractivity contribution in [1.29, 1.82) is 5.26 Å². The van der Waals surface area contributed by atoms with Crippen molar-refractivity contribution in [2.75, 3.05) is 6.61 Å². The van der Waals surface area contributed by atoms with Crippen LogP contribution in [0.25, 0.3) is 0 Å². The summed E-state index contributed by atoms with van der Waals surface area (Å²) in [7, 11) is 0. The molecule has 0 aromatic heterocycles. The fourth-order valence-electron chi connectivity index (χ4n) is 1.10. The van der Waals surface area contributed by atoms with E-state index in [0.717, 1.165) is 0 Å². The summed E-state index contributed by atoms with van der Waals surface area (Å²) in [5.74, 6) is 4.66. The van der Waals surface area contributed by atoms with Gasteiger partial charge >= 0.3 is 5.97 Å². The highest BCUT2D eigenvalue weighted by atomic mass is 16.5. The topological polar surface area (TPSA) is 70.3 Å². The number of aliphatic hydroxyl groups excluding tert-OH is 1. The van der Waals surface area contributed by atoms with E-state index in [1.165, 1.54) is 6.92 Å². The van der Waals surface area contributed by atoms with Crippen LogP contribution in [-0.2, 0) is 9.53 Å². The Morgan fingerprint density at radius 2 is 2.12 bits per heavy atom. The van der Waals surface area contributed by atoms with Gasteiger partial charge < -0.3 is 9.84 Å². The van der Waals surface area contributed by atoms with E-state index in [1.54, 1.807) is 24.3 Å². The summed E-state index contributed by atoms with van der Waals surface area (Å²) in [6, 6.07) is 8.45. The molecule has 0 aliphatic carbocycles. The summed E-state index contributed by atoms with van der Waals surface area (Å²) in [5.41, 5.74) is 1.12. The smallest absolute Gasteiger partial charge is 0.303 e. The molecule has 0 saturated carbocycles. The molecule has 0 radical (unpaired) electrons. The molecule has 0 fully saturated rings. The molecule has 0 amide bonds. The minimum absolute atomic E-state index is 0.0390. The van der Waals surface area contributed by atoms with Gasteiger partial charge in [0.15, 0.2) is 6.61 Å². The largest absolute Gasteiger partial charge is 0.453 e. The maximum Gasteiger partial charge on any atom is 0.303 e. The van der Waals surface area contributed by atoms with Crippen molar-refractivity contribution in [2.45, 2.75) is 13.0 Å². The van der Waals surface area contributed by atoms with Gasteiger partial charge in [0.2, 0.25) is 0 Å². The molecule has 1 aromatic rings. The molecule has 1 atom stereocenters. The lowest BCUT2D eigenvalue weighted by atomic mass is 10.1. The quantitative estimate of drug-likeness (QED) is 0.610. The Morgan fingerprint density at radius 3 is 2.65 bits per heavy atom. The first kappa shape index (κ1) is 12.8. The third-order valence-electron chi connectivity index (χ3n) is 1.94. The van der Waals surface area contributed by atoms with Gasteiger partial charge in [-0.2, -0.15) is 5.26 Å². The predicted octanol–water partition coefficient (Wildman–Crippen LogP) is 1.16. The number of aliphatic hydroxyl groups is 1. The van der Waals surface area contributed by atoms with Gasteiger partial charge in [-0.25, -0.2) is 0 Å². The van der Waals surface area contributed by atoms with Gasteiger partial charge in [0.1, 0.15) is 6.10 Å². The van der Waals surface area contributed by atoms with Crippen LogP contribution in [0.3, 0.4) is 0 Å². The number of nitriles is 1. The van der Waals surface area contributed by atoms with E-state index in [4.69, 9.17) is 5.26 Å². The van der Waals surface area contributed by atoms with E-state index in [1.807, 2.05) is 6.07 Å². The third kappa shape index (κ3) is 4.38. The molecular weight excluding hydrogens is 218 g/mol. The lowest BCUT2D eigenvalue weighted by Crippen LogP contribution is -1.99. The highest BCUT2D eigenvalue weighted by molar-refractivity contribution is 5.66. The first-order valence-corrected chi connectivity index (χ1v) is 4.93. The van der Waals surface area contributed by atoms with Gasteiger partial charge in [-0.3, -0.25) is 4.79 Å². The lowest BCUT2D eigenvalue weighted by molar-refractivity contribution is -0.139. The van der Waals surface area contributed by atoms with Gasteiger partial charge in [0, 0.05) is 6.92 Å². The van der Waals surface area contributed by atoms with Crippen molar-refractivity contribution in [3.8, 4) is 17.9 Å². The van der Waals surface area contributed by atoms with E-state index in [0.29, 0.717) is 11.1 Å². The van der Waals surface area contributed by atoms with E-state index >= 15 is 0 Å². The first-order valence-electron chi connectivity index (χ1n) is 4.93. The highest BCUT2D eigenvalue weighted by Crippen LogP contribution is 2.12. The normalized spacial score (nSPS) is 10.6. The van der Waals surface area contributed by atoms with Crippen LogP contribution in [0.15, 0.2) is 24.3 Å². The maximum atomic E-state index is 10.4. The molecule has 0 aliphatic rings. The molecule has 1 N–H and O–H groups in total. The number of hydrogen-bond acceptors (Lipinski definition) is 4. The van der Waals surface area contributed by atoms with Crippen LogP contribution in [0.4, 0.5) is 0 Å². The van der Waals surface area contributed by atoms with Crippen molar-refractivity contribution in [1.82, 2.24) is 0 Å². The second-order valence-corrected chi connectivity index (χ2v) is 3.24. The van der Waals surface area contributed by atoms with E-state index in [9.17, 15) is 9.90 Å². The Balaban J connectivity index is 2.60. The van der Waals surface area contributed by atoms with Crippen LogP contribution in [0.5, 0.6) is 0 Å². The molecule has 86 valence electrons. The number of esters is 1. The Labute approximate surface area is 99.4 Å². The van der Waals surface area contributed by atoms with Crippen molar-refractivity contribution >= 4 is 5.97 Å². The lowest BCUT2D eigenvalue weighted by Gasteiger charge is -2.02. The zero-order chi connectivity index (χ0) is 12.7. The van der Waals surface area contributed by atoms with Crippen molar-refractivity contribution in [2.24, 2.45) is 0 Å². The number of rotatable bonds is 2. The molecule has 0 bridgehead atoms. The summed E-state index contributed by atoms with van der Waals surface area (Å²) in [6.45, 7) is 1.25. The van der Waals surface area contributed by atoms with Crippen molar-refractivity contribution in [3.05, 3.63) is 35.4 Å². The number of carbonyl (C=O) groups excluding carboxylic acids is 1. The Bertz CT molecular complexity index is 488. The SMILES string of the molecule is CC(=O)OCC#C[C@@H](O)c1ccc(C#N)cc1. The van der Waals surface area contributed by atoms with Crippen LogP contribution in [-0.4, -0.2) is 17.7 Å². The number of hydrogen-bond donors (Lipinski definition) is 1. The maximum absolute atomic E-state index is 10.4. The third-order valence-corrected chi connectivity index (χ3v) is 1.94. The number of benzene rings is 1. The Morgan fingerprint density at radius 1 is 1.47 bits per heavy atom. The summed E-state index contributed by atoms with van der Waals surface area (Å²) >= 11 is 0. The molecule has 1 aromatic carbocycles. The summed E-state index contributed by atoms with van der Waals surface area (Å²) in [6.07, 6.45) is -0.946. The van der Waals surface area contributed by atoms with Gasteiger partial charge in [0.05, 0.1) is 11.6 Å². The molecule has 0 heterocycles. The van der Waals surface area contributed by atoms with E-state index in [-0.39, 0.29) is 6.61 Å². The van der Waals surface area contributed by atoms with Crippen LogP contribution < -0.4 is 0 Å². The van der Waals surface area contributed by atoms with Crippen molar-refractivity contribution in [3.63, 3.8) is 0 Å². The van der Waals surface area contributed by atoms with Crippen LogP contribution in [0, 0.1) is 23.2 Å².